The Morgan fingerprint density at radius 2 is 1.87 bits per heavy atom. The Morgan fingerprint density at radius 3 is 2.57 bits per heavy atom. The van der Waals surface area contributed by atoms with Crippen LogP contribution in [0.2, 0.25) is 10.0 Å². The maximum atomic E-state index is 12.3. The van der Waals surface area contributed by atoms with E-state index in [0.29, 0.717) is 10.6 Å². The summed E-state index contributed by atoms with van der Waals surface area (Å²) in [7, 11) is -3.81. The first kappa shape index (κ1) is 17.6. The van der Waals surface area contributed by atoms with Gasteiger partial charge in [0.25, 0.3) is 10.0 Å². The summed E-state index contributed by atoms with van der Waals surface area (Å²) in [5, 5.41) is 13.8. The molecule has 2 rings (SSSR count). The highest BCUT2D eigenvalue weighted by atomic mass is 35.5. The molecule has 0 aromatic heterocycles. The lowest BCUT2D eigenvalue weighted by Gasteiger charge is -2.08. The summed E-state index contributed by atoms with van der Waals surface area (Å²) in [5.74, 6) is -0.231. The van der Waals surface area contributed by atoms with Crippen LogP contribution in [0.25, 0.3) is 0 Å². The largest absolute Gasteiger partial charge is 0.506 e. The summed E-state index contributed by atoms with van der Waals surface area (Å²) in [5.41, 5.74) is 1.62. The molecular weight excluding hydrogens is 359 g/mol. The van der Waals surface area contributed by atoms with Crippen LogP contribution in [0.5, 0.6) is 5.75 Å². The maximum absolute atomic E-state index is 12.3. The van der Waals surface area contributed by atoms with Crippen LogP contribution in [0.4, 0.5) is 0 Å². The molecule has 0 aliphatic heterocycles. The molecule has 0 atom stereocenters. The number of phenols is 1. The van der Waals surface area contributed by atoms with Gasteiger partial charge in [-0.3, -0.25) is 0 Å². The Labute approximate surface area is 144 Å². The summed E-state index contributed by atoms with van der Waals surface area (Å²) in [6, 6.07) is 7.88. The van der Waals surface area contributed by atoms with Crippen LogP contribution in [-0.2, 0) is 10.0 Å². The minimum absolute atomic E-state index is 0.0522. The fraction of sp³-hybridized carbons (Fsp3) is 0.133. The number of halogens is 2. The Hall–Kier alpha value is -1.76. The van der Waals surface area contributed by atoms with Gasteiger partial charge in [-0.25, -0.2) is 4.83 Å². The van der Waals surface area contributed by atoms with Crippen molar-refractivity contribution in [3.05, 3.63) is 57.1 Å². The average Bonchev–Trinajstić information content (AvgIpc) is 2.46. The molecule has 23 heavy (non-hydrogen) atoms. The van der Waals surface area contributed by atoms with E-state index in [9.17, 15) is 13.5 Å². The topological polar surface area (TPSA) is 78.8 Å². The fourth-order valence-electron chi connectivity index (χ4n) is 1.90. The molecule has 0 amide bonds. The predicted molar refractivity (Wildman–Crippen MR) is 92.0 cm³/mol. The van der Waals surface area contributed by atoms with Gasteiger partial charge in [-0.05, 0) is 43.2 Å². The van der Waals surface area contributed by atoms with Crippen molar-refractivity contribution in [1.29, 1.82) is 0 Å². The van der Waals surface area contributed by atoms with Gasteiger partial charge in [0.05, 0.1) is 16.1 Å². The number of hydrogen-bond acceptors (Lipinski definition) is 4. The van der Waals surface area contributed by atoms with Gasteiger partial charge in [-0.1, -0.05) is 35.3 Å². The highest BCUT2D eigenvalue weighted by Gasteiger charge is 2.16. The first-order valence-electron chi connectivity index (χ1n) is 6.51. The summed E-state index contributed by atoms with van der Waals surface area (Å²) < 4.78 is 24.5. The van der Waals surface area contributed by atoms with E-state index in [4.69, 9.17) is 23.2 Å². The van der Waals surface area contributed by atoms with Crippen molar-refractivity contribution >= 4 is 39.4 Å². The second-order valence-corrected chi connectivity index (χ2v) is 7.42. The summed E-state index contributed by atoms with van der Waals surface area (Å²) >= 11 is 11.6. The number of hydrazone groups is 1. The van der Waals surface area contributed by atoms with Crippen molar-refractivity contribution in [3.8, 4) is 5.75 Å². The number of phenolic OH excluding ortho intramolecular Hbond substituents is 1. The van der Waals surface area contributed by atoms with Crippen molar-refractivity contribution in [2.45, 2.75) is 18.7 Å². The van der Waals surface area contributed by atoms with E-state index in [2.05, 4.69) is 9.93 Å². The molecular formula is C15H14Cl2N2O3S. The van der Waals surface area contributed by atoms with Gasteiger partial charge >= 0.3 is 0 Å². The van der Waals surface area contributed by atoms with Gasteiger partial charge in [0.2, 0.25) is 0 Å². The second kappa shape index (κ2) is 6.78. The summed E-state index contributed by atoms with van der Waals surface area (Å²) in [6.45, 7) is 3.49. The number of aryl methyl sites for hydroxylation is 2. The molecule has 122 valence electrons. The number of benzene rings is 2. The Morgan fingerprint density at radius 1 is 1.17 bits per heavy atom. The second-order valence-electron chi connectivity index (χ2n) is 4.95. The minimum atomic E-state index is -3.81. The lowest BCUT2D eigenvalue weighted by molar-refractivity contribution is 0.474. The molecule has 0 fully saturated rings. The molecule has 2 aromatic carbocycles. The molecule has 2 N–H and O–H groups in total. The molecule has 0 spiro atoms. The molecule has 0 bridgehead atoms. The standard InChI is InChI=1S/C15H14Cl2N2O3S/c1-9-3-4-10(2)14(5-9)23(21,22)19-18-8-11-6-12(16)7-13(17)15(11)20/h3-8,19-20H,1-2H3. The van der Waals surface area contributed by atoms with Crippen LogP contribution in [0.1, 0.15) is 16.7 Å². The zero-order valence-corrected chi connectivity index (χ0v) is 14.7. The molecule has 0 unspecified atom stereocenters. The number of hydrogen-bond donors (Lipinski definition) is 2. The normalized spacial score (nSPS) is 11.8. The van der Waals surface area contributed by atoms with Gasteiger partial charge in [-0.2, -0.15) is 13.5 Å². The zero-order valence-electron chi connectivity index (χ0n) is 12.3. The van der Waals surface area contributed by atoms with Crippen molar-refractivity contribution in [1.82, 2.24) is 4.83 Å². The minimum Gasteiger partial charge on any atom is -0.506 e. The van der Waals surface area contributed by atoms with Crippen molar-refractivity contribution in [3.63, 3.8) is 0 Å². The number of aromatic hydroxyl groups is 1. The Bertz CT molecular complexity index is 881. The van der Waals surface area contributed by atoms with Crippen molar-refractivity contribution in [2.75, 3.05) is 0 Å². The quantitative estimate of drug-likeness (QED) is 0.635. The van der Waals surface area contributed by atoms with Crippen LogP contribution in [-0.4, -0.2) is 19.7 Å². The van der Waals surface area contributed by atoms with E-state index < -0.39 is 10.0 Å². The first-order chi connectivity index (χ1) is 10.7. The highest BCUT2D eigenvalue weighted by Crippen LogP contribution is 2.30. The van der Waals surface area contributed by atoms with Gasteiger partial charge in [-0.15, -0.1) is 0 Å². The van der Waals surface area contributed by atoms with Gasteiger partial charge < -0.3 is 5.11 Å². The van der Waals surface area contributed by atoms with Crippen LogP contribution >= 0.6 is 23.2 Å². The van der Waals surface area contributed by atoms with E-state index in [1.54, 1.807) is 26.0 Å². The smallest absolute Gasteiger partial charge is 0.276 e. The molecule has 2 aromatic rings. The number of sulfonamides is 1. The number of rotatable bonds is 4. The summed E-state index contributed by atoms with van der Waals surface area (Å²) in [6.07, 6.45) is 1.13. The first-order valence-corrected chi connectivity index (χ1v) is 8.75. The highest BCUT2D eigenvalue weighted by molar-refractivity contribution is 7.89. The maximum Gasteiger partial charge on any atom is 0.276 e. The molecule has 5 nitrogen and oxygen atoms in total. The number of nitrogens with one attached hydrogen (secondary N) is 1. The zero-order chi connectivity index (χ0) is 17.2. The summed E-state index contributed by atoms with van der Waals surface area (Å²) in [4.78, 5) is 2.24. The predicted octanol–water partition coefficient (Wildman–Crippen LogP) is 3.63. The van der Waals surface area contributed by atoms with Gasteiger partial charge in [0.1, 0.15) is 5.75 Å². The fourth-order valence-corrected chi connectivity index (χ4v) is 3.53. The molecule has 0 saturated heterocycles. The SMILES string of the molecule is Cc1ccc(C)c(S(=O)(=O)NN=Cc2cc(Cl)cc(Cl)c2O)c1. The van der Waals surface area contributed by atoms with E-state index >= 15 is 0 Å². The third-order valence-corrected chi connectivity index (χ3v) is 4.94. The van der Waals surface area contributed by atoms with E-state index in [1.807, 2.05) is 6.07 Å². The van der Waals surface area contributed by atoms with Gasteiger partial charge in [0.15, 0.2) is 0 Å². The molecule has 0 radical (unpaired) electrons. The molecule has 0 aliphatic rings. The molecule has 0 aliphatic carbocycles. The Balaban J connectivity index is 2.28. The number of nitrogens with zero attached hydrogens (tertiary/aromatic N) is 1. The molecule has 0 heterocycles. The van der Waals surface area contributed by atoms with Crippen LogP contribution in [0.3, 0.4) is 0 Å². The third kappa shape index (κ3) is 4.16. The lowest BCUT2D eigenvalue weighted by Crippen LogP contribution is -2.19. The lowest BCUT2D eigenvalue weighted by atomic mass is 10.2. The van der Waals surface area contributed by atoms with Crippen molar-refractivity contribution < 1.29 is 13.5 Å². The van der Waals surface area contributed by atoms with Crippen LogP contribution in [0.15, 0.2) is 40.3 Å². The molecule has 8 heteroatoms. The molecule has 0 saturated carbocycles. The van der Waals surface area contributed by atoms with Crippen LogP contribution in [0, 0.1) is 13.8 Å². The van der Waals surface area contributed by atoms with E-state index in [1.165, 1.54) is 12.1 Å². The van der Waals surface area contributed by atoms with Crippen LogP contribution < -0.4 is 4.83 Å². The monoisotopic (exact) mass is 372 g/mol. The van der Waals surface area contributed by atoms with E-state index in [0.717, 1.165) is 11.8 Å². The third-order valence-electron chi connectivity index (χ3n) is 3.07. The van der Waals surface area contributed by atoms with Crippen molar-refractivity contribution in [2.24, 2.45) is 5.10 Å². The van der Waals surface area contributed by atoms with Gasteiger partial charge in [0, 0.05) is 10.6 Å². The average molecular weight is 373 g/mol. The Kier molecular flexibility index (Phi) is 5.19. The van der Waals surface area contributed by atoms with E-state index in [-0.39, 0.29) is 21.2 Å².